The zero-order chi connectivity index (χ0) is 18.1. The van der Waals surface area contributed by atoms with Crippen LogP contribution in [0.15, 0.2) is 29.4 Å². The zero-order valence-corrected chi connectivity index (χ0v) is 16.3. The molecule has 1 aromatic rings. The fourth-order valence-electron chi connectivity index (χ4n) is 4.51. The monoisotopic (exact) mass is 357 g/mol. The molecule has 1 aliphatic carbocycles. The third-order valence-corrected chi connectivity index (χ3v) is 6.02. The van der Waals surface area contributed by atoms with E-state index in [1.165, 1.54) is 64.5 Å². The smallest absolute Gasteiger partial charge is 0.191 e. The van der Waals surface area contributed by atoms with Crippen molar-refractivity contribution in [2.45, 2.75) is 63.3 Å². The average molecular weight is 358 g/mol. The largest absolute Gasteiger partial charge is 0.356 e. The van der Waals surface area contributed by atoms with Crippen molar-refractivity contribution in [3.8, 4) is 0 Å². The number of nitrogens with zero attached hydrogens (tertiary/aromatic N) is 3. The van der Waals surface area contributed by atoms with Crippen molar-refractivity contribution < 1.29 is 0 Å². The van der Waals surface area contributed by atoms with Gasteiger partial charge in [0, 0.05) is 44.0 Å². The van der Waals surface area contributed by atoms with Crippen LogP contribution in [0.4, 0.5) is 0 Å². The predicted molar refractivity (Wildman–Crippen MR) is 109 cm³/mol. The molecule has 0 aromatic carbocycles. The molecular formula is C21H35N5. The van der Waals surface area contributed by atoms with Crippen molar-refractivity contribution in [3.05, 3.63) is 30.1 Å². The van der Waals surface area contributed by atoms with E-state index in [0.29, 0.717) is 5.54 Å². The lowest BCUT2D eigenvalue weighted by Crippen LogP contribution is -2.59. The molecule has 1 aromatic heterocycles. The minimum atomic E-state index is 0.331. The van der Waals surface area contributed by atoms with Gasteiger partial charge in [-0.25, -0.2) is 0 Å². The number of nitrogens with one attached hydrogen (secondary N) is 2. The van der Waals surface area contributed by atoms with E-state index in [2.05, 4.69) is 31.6 Å². The maximum Gasteiger partial charge on any atom is 0.191 e. The summed E-state index contributed by atoms with van der Waals surface area (Å²) in [7, 11) is 1.87. The van der Waals surface area contributed by atoms with E-state index in [1.807, 2.05) is 25.4 Å². The highest BCUT2D eigenvalue weighted by atomic mass is 15.3. The van der Waals surface area contributed by atoms with Gasteiger partial charge in [0.2, 0.25) is 0 Å². The molecule has 2 N–H and O–H groups in total. The van der Waals surface area contributed by atoms with E-state index in [9.17, 15) is 0 Å². The molecule has 26 heavy (non-hydrogen) atoms. The zero-order valence-electron chi connectivity index (χ0n) is 16.3. The highest BCUT2D eigenvalue weighted by molar-refractivity contribution is 5.79. The van der Waals surface area contributed by atoms with Gasteiger partial charge in [-0.1, -0.05) is 31.7 Å². The lowest BCUT2D eigenvalue weighted by atomic mass is 9.79. The lowest BCUT2D eigenvalue weighted by Gasteiger charge is -2.48. The first-order chi connectivity index (χ1) is 12.8. The standard InChI is InChI=1S/C21H35N5/c1-22-20(24-15-11-19-10-4-7-14-23-19)25-18-21(12-5-2-6-13-21)26-16-8-3-9-17-26/h4,7,10,14H,2-3,5-6,8-9,11-13,15-18H2,1H3,(H2,22,24,25). The summed E-state index contributed by atoms with van der Waals surface area (Å²) in [6, 6.07) is 6.08. The highest BCUT2D eigenvalue weighted by Crippen LogP contribution is 2.35. The summed E-state index contributed by atoms with van der Waals surface area (Å²) in [5, 5.41) is 7.10. The van der Waals surface area contributed by atoms with Gasteiger partial charge in [0.15, 0.2) is 5.96 Å². The van der Waals surface area contributed by atoms with Crippen molar-refractivity contribution in [2.75, 3.05) is 33.2 Å². The SMILES string of the molecule is CN=C(NCCc1ccccn1)NCC1(N2CCCCC2)CCCCC1. The van der Waals surface area contributed by atoms with Crippen molar-refractivity contribution in [2.24, 2.45) is 4.99 Å². The Hall–Kier alpha value is -1.62. The molecule has 1 aliphatic heterocycles. The third-order valence-electron chi connectivity index (χ3n) is 6.02. The van der Waals surface area contributed by atoms with Crippen LogP contribution in [-0.2, 0) is 6.42 Å². The molecule has 0 unspecified atom stereocenters. The Labute approximate surface area is 158 Å². The van der Waals surface area contributed by atoms with Gasteiger partial charge in [-0.3, -0.25) is 14.9 Å². The Morgan fingerprint density at radius 2 is 1.85 bits per heavy atom. The van der Waals surface area contributed by atoms with Gasteiger partial charge in [-0.05, 0) is 50.9 Å². The van der Waals surface area contributed by atoms with Crippen molar-refractivity contribution in [1.82, 2.24) is 20.5 Å². The van der Waals surface area contributed by atoms with Gasteiger partial charge in [0.05, 0.1) is 0 Å². The van der Waals surface area contributed by atoms with Crippen LogP contribution in [0, 0.1) is 0 Å². The minimum Gasteiger partial charge on any atom is -0.356 e. The Bertz CT molecular complexity index is 545. The number of guanidine groups is 1. The number of rotatable bonds is 6. The van der Waals surface area contributed by atoms with Gasteiger partial charge in [-0.15, -0.1) is 0 Å². The molecule has 2 heterocycles. The molecular weight excluding hydrogens is 322 g/mol. The van der Waals surface area contributed by atoms with Crippen LogP contribution in [0.5, 0.6) is 0 Å². The van der Waals surface area contributed by atoms with Gasteiger partial charge < -0.3 is 10.6 Å². The van der Waals surface area contributed by atoms with Gasteiger partial charge in [-0.2, -0.15) is 0 Å². The van der Waals surface area contributed by atoms with Crippen LogP contribution in [0.25, 0.3) is 0 Å². The topological polar surface area (TPSA) is 52.6 Å². The molecule has 0 bridgehead atoms. The number of aromatic nitrogens is 1. The fourth-order valence-corrected chi connectivity index (χ4v) is 4.51. The van der Waals surface area contributed by atoms with Gasteiger partial charge in [0.1, 0.15) is 0 Å². The van der Waals surface area contributed by atoms with E-state index >= 15 is 0 Å². The molecule has 3 rings (SSSR count). The summed E-state index contributed by atoms with van der Waals surface area (Å²) in [5.74, 6) is 0.919. The number of likely N-dealkylation sites (tertiary alicyclic amines) is 1. The summed E-state index contributed by atoms with van der Waals surface area (Å²) < 4.78 is 0. The van der Waals surface area contributed by atoms with E-state index in [-0.39, 0.29) is 0 Å². The summed E-state index contributed by atoms with van der Waals surface area (Å²) >= 11 is 0. The first-order valence-electron chi connectivity index (χ1n) is 10.4. The maximum atomic E-state index is 4.44. The number of pyridine rings is 1. The second-order valence-corrected chi connectivity index (χ2v) is 7.76. The fraction of sp³-hybridized carbons (Fsp3) is 0.714. The molecule has 5 nitrogen and oxygen atoms in total. The Balaban J connectivity index is 1.51. The second kappa shape index (κ2) is 9.91. The Morgan fingerprint density at radius 1 is 1.08 bits per heavy atom. The molecule has 0 atom stereocenters. The molecule has 0 amide bonds. The van der Waals surface area contributed by atoms with Gasteiger partial charge >= 0.3 is 0 Å². The maximum absolute atomic E-state index is 4.44. The Kier molecular flexibility index (Phi) is 7.30. The number of aliphatic imine (C=N–C) groups is 1. The van der Waals surface area contributed by atoms with E-state index in [4.69, 9.17) is 0 Å². The minimum absolute atomic E-state index is 0.331. The first-order valence-corrected chi connectivity index (χ1v) is 10.4. The van der Waals surface area contributed by atoms with Crippen LogP contribution < -0.4 is 10.6 Å². The molecule has 5 heteroatoms. The second-order valence-electron chi connectivity index (χ2n) is 7.76. The molecule has 144 valence electrons. The number of hydrogen-bond acceptors (Lipinski definition) is 3. The average Bonchev–Trinajstić information content (AvgIpc) is 2.72. The molecule has 1 saturated heterocycles. The Morgan fingerprint density at radius 3 is 2.54 bits per heavy atom. The predicted octanol–water partition coefficient (Wildman–Crippen LogP) is 2.98. The molecule has 0 spiro atoms. The van der Waals surface area contributed by atoms with E-state index in [1.54, 1.807) is 0 Å². The van der Waals surface area contributed by atoms with Crippen molar-refractivity contribution in [3.63, 3.8) is 0 Å². The van der Waals surface area contributed by atoms with Crippen LogP contribution in [0.2, 0.25) is 0 Å². The summed E-state index contributed by atoms with van der Waals surface area (Å²) in [5.41, 5.74) is 1.45. The summed E-state index contributed by atoms with van der Waals surface area (Å²) in [6.07, 6.45) is 13.7. The first kappa shape index (κ1) is 19.2. The van der Waals surface area contributed by atoms with Gasteiger partial charge in [0.25, 0.3) is 0 Å². The van der Waals surface area contributed by atoms with E-state index < -0.39 is 0 Å². The van der Waals surface area contributed by atoms with Crippen molar-refractivity contribution >= 4 is 5.96 Å². The highest BCUT2D eigenvalue weighted by Gasteiger charge is 2.38. The van der Waals surface area contributed by atoms with Crippen molar-refractivity contribution in [1.29, 1.82) is 0 Å². The molecule has 1 saturated carbocycles. The molecule has 2 fully saturated rings. The number of piperidine rings is 1. The van der Waals surface area contributed by atoms with Crippen LogP contribution in [-0.4, -0.2) is 54.6 Å². The van der Waals surface area contributed by atoms with Crippen LogP contribution in [0.3, 0.4) is 0 Å². The van der Waals surface area contributed by atoms with Crippen LogP contribution in [0.1, 0.15) is 57.1 Å². The molecule has 2 aliphatic rings. The quantitative estimate of drug-likeness (QED) is 0.607. The third kappa shape index (κ3) is 5.19. The lowest BCUT2D eigenvalue weighted by molar-refractivity contribution is 0.0368. The van der Waals surface area contributed by atoms with E-state index in [0.717, 1.165) is 31.2 Å². The van der Waals surface area contributed by atoms with Crippen LogP contribution >= 0.6 is 0 Å². The number of hydrogen-bond donors (Lipinski definition) is 2. The normalized spacial score (nSPS) is 21.3. The molecule has 0 radical (unpaired) electrons. The summed E-state index contributed by atoms with van der Waals surface area (Å²) in [4.78, 5) is 11.6. The summed E-state index contributed by atoms with van der Waals surface area (Å²) in [6.45, 7) is 4.41.